The van der Waals surface area contributed by atoms with Crippen LogP contribution in [0.15, 0.2) is 47.7 Å². The van der Waals surface area contributed by atoms with Crippen LogP contribution in [0.5, 0.6) is 0 Å². The van der Waals surface area contributed by atoms with Gasteiger partial charge in [0.1, 0.15) is 17.2 Å². The standard InChI is InChI=1S/C30H38ClN7O2/c1-21-11-13-36(17-22-8-4-3-5-9-22)19-26(21)35(2)29-23-12-14-37(18-24(23)32-20-33-29)25-16-34-38(30(39)28(25)31)27-10-6-7-15-40-27/h3-5,8-9,16,20-21,26-27H,6-7,10-15,17-19H2,1-2H3/t21-,26+,27?/m1/s1. The molecular formula is C30H38ClN7O2. The highest BCUT2D eigenvalue weighted by Gasteiger charge is 2.33. The molecule has 2 saturated heterocycles. The van der Waals surface area contributed by atoms with Crippen molar-refractivity contribution in [2.75, 3.05) is 43.1 Å². The smallest absolute Gasteiger partial charge is 0.290 e. The largest absolute Gasteiger partial charge is 0.363 e. The van der Waals surface area contributed by atoms with Gasteiger partial charge in [-0.15, -0.1) is 0 Å². The molecule has 5 heterocycles. The molecule has 1 unspecified atom stereocenters. The van der Waals surface area contributed by atoms with Crippen LogP contribution in [0.2, 0.25) is 5.02 Å². The number of benzene rings is 1. The van der Waals surface area contributed by atoms with Crippen LogP contribution in [0, 0.1) is 5.92 Å². The van der Waals surface area contributed by atoms with E-state index in [2.05, 4.69) is 69.1 Å². The number of anilines is 2. The van der Waals surface area contributed by atoms with Crippen molar-refractivity contribution in [3.05, 3.63) is 75.1 Å². The van der Waals surface area contributed by atoms with Gasteiger partial charge < -0.3 is 14.5 Å². The molecule has 212 valence electrons. The van der Waals surface area contributed by atoms with Crippen LogP contribution in [0.4, 0.5) is 11.5 Å². The van der Waals surface area contributed by atoms with Gasteiger partial charge in [0, 0.05) is 44.9 Å². The van der Waals surface area contributed by atoms with Gasteiger partial charge in [0.25, 0.3) is 5.56 Å². The maximum absolute atomic E-state index is 13.1. The van der Waals surface area contributed by atoms with E-state index in [1.54, 1.807) is 12.5 Å². The first-order valence-electron chi connectivity index (χ1n) is 14.5. The van der Waals surface area contributed by atoms with Gasteiger partial charge in [0.05, 0.1) is 24.1 Å². The lowest BCUT2D eigenvalue weighted by Crippen LogP contribution is -2.51. The molecule has 0 aliphatic carbocycles. The second-order valence-electron chi connectivity index (χ2n) is 11.4. The number of halogens is 1. The summed E-state index contributed by atoms with van der Waals surface area (Å²) in [5.41, 5.74) is 3.86. The molecule has 2 aromatic heterocycles. The molecule has 3 atom stereocenters. The number of fused-ring (bicyclic) bond motifs is 1. The molecule has 3 aromatic rings. The molecule has 0 radical (unpaired) electrons. The molecule has 2 fully saturated rings. The van der Waals surface area contributed by atoms with Crippen LogP contribution < -0.4 is 15.4 Å². The van der Waals surface area contributed by atoms with Crippen molar-refractivity contribution in [2.24, 2.45) is 5.92 Å². The topological polar surface area (TPSA) is 79.6 Å². The Morgan fingerprint density at radius 3 is 2.77 bits per heavy atom. The van der Waals surface area contributed by atoms with Gasteiger partial charge in [-0.05, 0) is 50.1 Å². The number of likely N-dealkylation sites (tertiary alicyclic amines) is 1. The summed E-state index contributed by atoms with van der Waals surface area (Å²) in [6, 6.07) is 11.1. The molecule has 0 bridgehead atoms. The molecule has 3 aliphatic heterocycles. The molecule has 0 N–H and O–H groups in total. The first-order valence-corrected chi connectivity index (χ1v) is 14.8. The summed E-state index contributed by atoms with van der Waals surface area (Å²) >= 11 is 6.63. The molecule has 40 heavy (non-hydrogen) atoms. The van der Waals surface area contributed by atoms with Gasteiger partial charge in [0.15, 0.2) is 6.23 Å². The van der Waals surface area contributed by atoms with Gasteiger partial charge in [-0.3, -0.25) is 9.69 Å². The molecule has 0 saturated carbocycles. The number of ether oxygens (including phenoxy) is 1. The van der Waals surface area contributed by atoms with Gasteiger partial charge in [0.2, 0.25) is 0 Å². The first-order chi connectivity index (χ1) is 19.5. The lowest BCUT2D eigenvalue weighted by Gasteiger charge is -2.43. The summed E-state index contributed by atoms with van der Waals surface area (Å²) in [6.07, 6.45) is 7.76. The van der Waals surface area contributed by atoms with Crippen molar-refractivity contribution in [1.82, 2.24) is 24.6 Å². The van der Waals surface area contributed by atoms with Crippen LogP contribution in [0.1, 0.15) is 55.7 Å². The molecule has 6 rings (SSSR count). The van der Waals surface area contributed by atoms with E-state index >= 15 is 0 Å². The highest BCUT2D eigenvalue weighted by Crippen LogP contribution is 2.33. The summed E-state index contributed by atoms with van der Waals surface area (Å²) in [4.78, 5) is 29.6. The summed E-state index contributed by atoms with van der Waals surface area (Å²) in [7, 11) is 2.18. The van der Waals surface area contributed by atoms with Crippen molar-refractivity contribution < 1.29 is 4.74 Å². The molecule has 0 amide bonds. The minimum Gasteiger partial charge on any atom is -0.363 e. The van der Waals surface area contributed by atoms with E-state index in [0.717, 1.165) is 63.3 Å². The van der Waals surface area contributed by atoms with Crippen LogP contribution in [-0.4, -0.2) is 64.0 Å². The maximum Gasteiger partial charge on any atom is 0.290 e. The van der Waals surface area contributed by atoms with Gasteiger partial charge in [-0.2, -0.15) is 9.78 Å². The van der Waals surface area contributed by atoms with Crippen molar-refractivity contribution in [2.45, 2.75) is 64.4 Å². The third-order valence-corrected chi connectivity index (χ3v) is 9.12. The zero-order valence-electron chi connectivity index (χ0n) is 23.4. The number of piperidine rings is 1. The third kappa shape index (κ3) is 5.47. The van der Waals surface area contributed by atoms with E-state index in [-0.39, 0.29) is 16.8 Å². The predicted molar refractivity (Wildman–Crippen MR) is 157 cm³/mol. The van der Waals surface area contributed by atoms with E-state index in [9.17, 15) is 4.79 Å². The summed E-state index contributed by atoms with van der Waals surface area (Å²) < 4.78 is 7.16. The monoisotopic (exact) mass is 563 g/mol. The van der Waals surface area contributed by atoms with E-state index < -0.39 is 0 Å². The highest BCUT2D eigenvalue weighted by atomic mass is 35.5. The Kier molecular flexibility index (Phi) is 8.05. The number of likely N-dealkylation sites (N-methyl/N-ethyl adjacent to an activating group) is 1. The van der Waals surface area contributed by atoms with Gasteiger partial charge >= 0.3 is 0 Å². The Labute approximate surface area is 240 Å². The zero-order chi connectivity index (χ0) is 27.6. The lowest BCUT2D eigenvalue weighted by atomic mass is 9.91. The first kappa shape index (κ1) is 27.2. The maximum atomic E-state index is 13.1. The molecule has 0 spiro atoms. The number of nitrogens with zero attached hydrogens (tertiary/aromatic N) is 7. The van der Waals surface area contributed by atoms with Crippen LogP contribution in [0.25, 0.3) is 0 Å². The highest BCUT2D eigenvalue weighted by molar-refractivity contribution is 6.33. The molecule has 1 aromatic carbocycles. The summed E-state index contributed by atoms with van der Waals surface area (Å²) in [5, 5.41) is 4.64. The number of hydrogen-bond donors (Lipinski definition) is 0. The zero-order valence-corrected chi connectivity index (χ0v) is 24.1. The molecule has 9 nitrogen and oxygen atoms in total. The van der Waals surface area contributed by atoms with Crippen LogP contribution in [-0.2, 0) is 24.2 Å². The van der Waals surface area contributed by atoms with Gasteiger partial charge in [-0.25, -0.2) is 9.97 Å². The number of hydrogen-bond acceptors (Lipinski definition) is 8. The summed E-state index contributed by atoms with van der Waals surface area (Å²) in [5.74, 6) is 1.57. The normalized spacial score (nSPS) is 23.6. The van der Waals surface area contributed by atoms with Crippen molar-refractivity contribution in [3.8, 4) is 0 Å². The molecular weight excluding hydrogens is 526 g/mol. The average Bonchev–Trinajstić information content (AvgIpc) is 2.99. The Balaban J connectivity index is 1.19. The Bertz CT molecular complexity index is 1380. The minimum absolute atomic E-state index is 0.188. The van der Waals surface area contributed by atoms with Crippen molar-refractivity contribution in [1.29, 1.82) is 0 Å². The number of rotatable bonds is 6. The minimum atomic E-state index is -0.341. The fourth-order valence-electron chi connectivity index (χ4n) is 6.39. The Hall–Kier alpha value is -3.01. The third-order valence-electron chi connectivity index (χ3n) is 8.76. The fraction of sp³-hybridized carbons (Fsp3) is 0.533. The Morgan fingerprint density at radius 2 is 1.98 bits per heavy atom. The van der Waals surface area contributed by atoms with Crippen molar-refractivity contribution in [3.63, 3.8) is 0 Å². The summed E-state index contributed by atoms with van der Waals surface area (Å²) in [6.45, 7) is 7.34. The SMILES string of the molecule is C[C@@H]1CCN(Cc2ccccc2)C[C@@H]1N(C)c1ncnc2c1CCN(c1cnn(C3CCCCO3)c(=O)c1Cl)C2. The van der Waals surface area contributed by atoms with E-state index in [0.29, 0.717) is 37.3 Å². The van der Waals surface area contributed by atoms with E-state index in [1.165, 1.54) is 15.8 Å². The lowest BCUT2D eigenvalue weighted by molar-refractivity contribution is -0.0424. The van der Waals surface area contributed by atoms with E-state index in [1.807, 2.05) is 0 Å². The van der Waals surface area contributed by atoms with Crippen LogP contribution in [0.3, 0.4) is 0 Å². The quantitative estimate of drug-likeness (QED) is 0.439. The van der Waals surface area contributed by atoms with Crippen LogP contribution >= 0.6 is 11.6 Å². The van der Waals surface area contributed by atoms with E-state index in [4.69, 9.17) is 21.3 Å². The van der Waals surface area contributed by atoms with Crippen molar-refractivity contribution >= 4 is 23.1 Å². The Morgan fingerprint density at radius 1 is 1.12 bits per heavy atom. The fourth-order valence-corrected chi connectivity index (χ4v) is 6.64. The second kappa shape index (κ2) is 11.8. The predicted octanol–water partition coefficient (Wildman–Crippen LogP) is 4.30. The second-order valence-corrected chi connectivity index (χ2v) is 11.8. The molecule has 3 aliphatic rings. The molecule has 10 heteroatoms. The number of aromatic nitrogens is 4. The van der Waals surface area contributed by atoms with Gasteiger partial charge in [-0.1, -0.05) is 48.9 Å². The average molecular weight is 564 g/mol.